The van der Waals surface area contributed by atoms with Crippen molar-refractivity contribution in [1.82, 2.24) is 5.32 Å². The second-order valence-electron chi connectivity index (χ2n) is 4.17. The fraction of sp³-hybridized carbons (Fsp3) is 0.385. The van der Waals surface area contributed by atoms with E-state index in [1.54, 1.807) is 26.0 Å². The monoisotopic (exact) mass is 250 g/mol. The van der Waals surface area contributed by atoms with E-state index in [2.05, 4.69) is 10.6 Å². The summed E-state index contributed by atoms with van der Waals surface area (Å²) in [5.74, 6) is -0.952. The molecule has 0 spiro atoms. The Balaban J connectivity index is 2.87. The number of anilines is 1. The Morgan fingerprint density at radius 1 is 1.22 bits per heavy atom. The second-order valence-corrected chi connectivity index (χ2v) is 4.17. The molecular formula is C13H18N2O3. The molecule has 0 heterocycles. The van der Waals surface area contributed by atoms with Crippen molar-refractivity contribution in [3.8, 4) is 0 Å². The number of urea groups is 1. The number of carboxylic acids is 1. The third kappa shape index (κ3) is 3.48. The summed E-state index contributed by atoms with van der Waals surface area (Å²) in [5, 5.41) is 14.4. The van der Waals surface area contributed by atoms with E-state index in [9.17, 15) is 9.59 Å². The van der Waals surface area contributed by atoms with Crippen LogP contribution in [0.5, 0.6) is 0 Å². The molecular weight excluding hydrogens is 232 g/mol. The summed E-state index contributed by atoms with van der Waals surface area (Å²) in [4.78, 5) is 22.5. The highest BCUT2D eigenvalue weighted by Crippen LogP contribution is 2.20. The molecule has 1 aromatic rings. The number of aromatic carboxylic acids is 1. The van der Waals surface area contributed by atoms with Gasteiger partial charge in [-0.15, -0.1) is 0 Å². The summed E-state index contributed by atoms with van der Waals surface area (Å²) >= 11 is 0. The molecule has 98 valence electrons. The van der Waals surface area contributed by atoms with E-state index in [-0.39, 0.29) is 11.6 Å². The lowest BCUT2D eigenvalue weighted by molar-refractivity contribution is 0.0695. The van der Waals surface area contributed by atoms with Crippen LogP contribution in [0.4, 0.5) is 10.5 Å². The lowest BCUT2D eigenvalue weighted by Crippen LogP contribution is -2.29. The molecule has 5 nitrogen and oxygen atoms in total. The number of benzene rings is 1. The van der Waals surface area contributed by atoms with Crippen LogP contribution in [0.1, 0.15) is 34.8 Å². The maximum absolute atomic E-state index is 11.5. The number of hydrogen-bond acceptors (Lipinski definition) is 2. The zero-order valence-corrected chi connectivity index (χ0v) is 10.8. The largest absolute Gasteiger partial charge is 0.478 e. The van der Waals surface area contributed by atoms with Gasteiger partial charge in [-0.3, -0.25) is 0 Å². The van der Waals surface area contributed by atoms with Gasteiger partial charge in [0.1, 0.15) is 0 Å². The molecule has 0 fully saturated rings. The zero-order valence-electron chi connectivity index (χ0n) is 10.8. The minimum Gasteiger partial charge on any atom is -0.478 e. The van der Waals surface area contributed by atoms with Gasteiger partial charge in [0, 0.05) is 12.2 Å². The van der Waals surface area contributed by atoms with Crippen LogP contribution in [0.15, 0.2) is 12.1 Å². The maximum Gasteiger partial charge on any atom is 0.336 e. The molecule has 1 rings (SSSR count). The van der Waals surface area contributed by atoms with Crippen LogP contribution in [0.3, 0.4) is 0 Å². The number of carbonyl (C=O) groups is 2. The van der Waals surface area contributed by atoms with Gasteiger partial charge in [0.25, 0.3) is 0 Å². The van der Waals surface area contributed by atoms with Gasteiger partial charge in [-0.25, -0.2) is 9.59 Å². The zero-order chi connectivity index (χ0) is 13.7. The van der Waals surface area contributed by atoms with E-state index in [0.717, 1.165) is 6.42 Å². The number of amides is 2. The van der Waals surface area contributed by atoms with Gasteiger partial charge in [-0.2, -0.15) is 0 Å². The minimum absolute atomic E-state index is 0.279. The predicted molar refractivity (Wildman–Crippen MR) is 70.2 cm³/mol. The number of aryl methyl sites for hydroxylation is 2. The van der Waals surface area contributed by atoms with E-state index in [1.807, 2.05) is 6.92 Å². The third-order valence-electron chi connectivity index (χ3n) is 2.54. The lowest BCUT2D eigenvalue weighted by atomic mass is 10.0. The molecule has 0 aliphatic carbocycles. The summed E-state index contributed by atoms with van der Waals surface area (Å²) in [6.07, 6.45) is 0.865. The van der Waals surface area contributed by atoms with Crippen LogP contribution < -0.4 is 10.6 Å². The van der Waals surface area contributed by atoms with Gasteiger partial charge in [-0.05, 0) is 43.5 Å². The predicted octanol–water partition coefficient (Wildman–Crippen LogP) is 2.53. The fourth-order valence-electron chi connectivity index (χ4n) is 1.79. The van der Waals surface area contributed by atoms with Gasteiger partial charge in [0.2, 0.25) is 0 Å². The summed E-state index contributed by atoms with van der Waals surface area (Å²) < 4.78 is 0. The molecule has 0 bridgehead atoms. The lowest BCUT2D eigenvalue weighted by Gasteiger charge is -2.11. The Hall–Kier alpha value is -2.04. The van der Waals surface area contributed by atoms with Crippen molar-refractivity contribution in [2.45, 2.75) is 27.2 Å². The summed E-state index contributed by atoms with van der Waals surface area (Å²) in [6, 6.07) is 3.03. The van der Waals surface area contributed by atoms with Gasteiger partial charge < -0.3 is 15.7 Å². The molecule has 0 radical (unpaired) electrons. The van der Waals surface area contributed by atoms with E-state index in [4.69, 9.17) is 5.11 Å². The highest BCUT2D eigenvalue weighted by Gasteiger charge is 2.12. The van der Waals surface area contributed by atoms with Crippen LogP contribution in [0, 0.1) is 13.8 Å². The Kier molecular flexibility index (Phi) is 4.71. The summed E-state index contributed by atoms with van der Waals surface area (Å²) in [7, 11) is 0. The molecule has 0 unspecified atom stereocenters. The van der Waals surface area contributed by atoms with Crippen LogP contribution in [0.25, 0.3) is 0 Å². The van der Waals surface area contributed by atoms with Crippen molar-refractivity contribution >= 4 is 17.7 Å². The normalized spacial score (nSPS) is 9.94. The molecule has 5 heteroatoms. The van der Waals surface area contributed by atoms with E-state index >= 15 is 0 Å². The quantitative estimate of drug-likeness (QED) is 0.768. The fourth-order valence-corrected chi connectivity index (χ4v) is 1.79. The number of hydrogen-bond donors (Lipinski definition) is 3. The molecule has 0 atom stereocenters. The van der Waals surface area contributed by atoms with E-state index in [0.29, 0.717) is 23.4 Å². The van der Waals surface area contributed by atoms with Crippen molar-refractivity contribution in [3.63, 3.8) is 0 Å². The standard InChI is InChI=1S/C13H18N2O3/c1-4-5-14-13(18)15-10-6-8(2)11(12(16)17)9(3)7-10/h6-7H,4-5H2,1-3H3,(H,16,17)(H2,14,15,18). The molecule has 0 saturated carbocycles. The first kappa shape index (κ1) is 14.0. The van der Waals surface area contributed by atoms with Crippen molar-refractivity contribution in [2.75, 3.05) is 11.9 Å². The molecule has 2 amide bonds. The van der Waals surface area contributed by atoms with Crippen LogP contribution >= 0.6 is 0 Å². The van der Waals surface area contributed by atoms with Crippen LogP contribution in [0.2, 0.25) is 0 Å². The molecule has 0 aromatic heterocycles. The Morgan fingerprint density at radius 2 is 1.78 bits per heavy atom. The van der Waals surface area contributed by atoms with Crippen molar-refractivity contribution in [3.05, 3.63) is 28.8 Å². The van der Waals surface area contributed by atoms with E-state index in [1.165, 1.54) is 0 Å². The molecule has 3 N–H and O–H groups in total. The van der Waals surface area contributed by atoms with Crippen LogP contribution in [-0.2, 0) is 0 Å². The first-order valence-electron chi connectivity index (χ1n) is 5.85. The minimum atomic E-state index is -0.952. The van der Waals surface area contributed by atoms with Gasteiger partial charge in [0.15, 0.2) is 0 Å². The highest BCUT2D eigenvalue weighted by molar-refractivity contribution is 5.94. The average molecular weight is 250 g/mol. The van der Waals surface area contributed by atoms with Crippen molar-refractivity contribution < 1.29 is 14.7 Å². The third-order valence-corrected chi connectivity index (χ3v) is 2.54. The number of nitrogens with one attached hydrogen (secondary N) is 2. The molecule has 0 aliphatic rings. The smallest absolute Gasteiger partial charge is 0.336 e. The van der Waals surface area contributed by atoms with Crippen molar-refractivity contribution in [1.29, 1.82) is 0 Å². The molecule has 0 saturated heterocycles. The number of rotatable bonds is 4. The van der Waals surface area contributed by atoms with Crippen molar-refractivity contribution in [2.24, 2.45) is 0 Å². The number of carbonyl (C=O) groups excluding carboxylic acids is 1. The second kappa shape index (κ2) is 6.05. The van der Waals surface area contributed by atoms with E-state index < -0.39 is 5.97 Å². The van der Waals surface area contributed by atoms with Gasteiger partial charge in [0.05, 0.1) is 5.56 Å². The number of carboxylic acid groups (broad SMARTS) is 1. The molecule has 1 aromatic carbocycles. The van der Waals surface area contributed by atoms with Crippen LogP contribution in [-0.4, -0.2) is 23.7 Å². The Labute approximate surface area is 106 Å². The van der Waals surface area contributed by atoms with Gasteiger partial charge >= 0.3 is 12.0 Å². The molecule has 0 aliphatic heterocycles. The first-order valence-corrected chi connectivity index (χ1v) is 5.85. The topological polar surface area (TPSA) is 78.4 Å². The summed E-state index contributed by atoms with van der Waals surface area (Å²) in [5.41, 5.74) is 2.15. The molecule has 18 heavy (non-hydrogen) atoms. The highest BCUT2D eigenvalue weighted by atomic mass is 16.4. The van der Waals surface area contributed by atoms with Gasteiger partial charge in [-0.1, -0.05) is 6.92 Å². The first-order chi connectivity index (χ1) is 8.45. The Bertz CT molecular complexity index is 446. The summed E-state index contributed by atoms with van der Waals surface area (Å²) in [6.45, 7) is 6.00. The maximum atomic E-state index is 11.5. The SMILES string of the molecule is CCCNC(=O)Nc1cc(C)c(C(=O)O)c(C)c1. The average Bonchev–Trinajstić information content (AvgIpc) is 2.24. The Morgan fingerprint density at radius 3 is 2.22 bits per heavy atom.